The number of aliphatic hydroxyl groups is 1. The number of carbonyl (C=O) groups excluding carboxylic acids is 1. The molecule has 0 aliphatic carbocycles. The van der Waals surface area contributed by atoms with Crippen molar-refractivity contribution in [3.8, 4) is 0 Å². The summed E-state index contributed by atoms with van der Waals surface area (Å²) in [7, 11) is 0. The van der Waals surface area contributed by atoms with Crippen LogP contribution in [0.2, 0.25) is 0 Å². The fraction of sp³-hybridized carbons (Fsp3) is 0.273. The van der Waals surface area contributed by atoms with E-state index in [1.807, 2.05) is 12.1 Å². The van der Waals surface area contributed by atoms with E-state index in [0.29, 0.717) is 0 Å². The van der Waals surface area contributed by atoms with Gasteiger partial charge in [-0.25, -0.2) is 4.79 Å². The van der Waals surface area contributed by atoms with Gasteiger partial charge in [0.25, 0.3) is 0 Å². The van der Waals surface area contributed by atoms with Crippen molar-refractivity contribution in [1.82, 2.24) is 5.32 Å². The van der Waals surface area contributed by atoms with Crippen molar-refractivity contribution in [2.45, 2.75) is 12.5 Å². The minimum absolute atomic E-state index is 0.0144. The molecular formula is C11H12BrNO4S. The van der Waals surface area contributed by atoms with Crippen molar-refractivity contribution >= 4 is 45.2 Å². The lowest BCUT2D eigenvalue weighted by atomic mass is 10.2. The maximum absolute atomic E-state index is 11.3. The molecule has 3 N–H and O–H groups in total. The van der Waals surface area contributed by atoms with Crippen LogP contribution >= 0.6 is 27.3 Å². The first-order valence-corrected chi connectivity index (χ1v) is 6.72. The quantitative estimate of drug-likeness (QED) is 0.688. The molecule has 18 heavy (non-hydrogen) atoms. The zero-order chi connectivity index (χ0) is 13.5. The van der Waals surface area contributed by atoms with E-state index < -0.39 is 12.1 Å². The van der Waals surface area contributed by atoms with Gasteiger partial charge in [-0.3, -0.25) is 4.79 Å². The summed E-state index contributed by atoms with van der Waals surface area (Å²) in [5.41, 5.74) is 0. The second-order valence-electron chi connectivity index (χ2n) is 3.41. The van der Waals surface area contributed by atoms with Crippen LogP contribution in [-0.4, -0.2) is 34.7 Å². The maximum atomic E-state index is 11.3. The van der Waals surface area contributed by atoms with Gasteiger partial charge in [-0.1, -0.05) is 0 Å². The third-order valence-corrected chi connectivity index (χ3v) is 3.58. The van der Waals surface area contributed by atoms with Crippen molar-refractivity contribution in [3.05, 3.63) is 26.9 Å². The van der Waals surface area contributed by atoms with Gasteiger partial charge in [0, 0.05) is 23.9 Å². The number of carbonyl (C=O) groups is 2. The van der Waals surface area contributed by atoms with Crippen molar-refractivity contribution in [1.29, 1.82) is 0 Å². The summed E-state index contributed by atoms with van der Waals surface area (Å²) in [6.45, 7) is 0.116. The molecule has 1 heterocycles. The number of rotatable bonds is 6. The molecule has 0 bridgehead atoms. The SMILES string of the molecule is O=C(/C=C/c1ccc(Br)s1)NCCC(O)C(=O)O. The van der Waals surface area contributed by atoms with Crippen LogP contribution in [0.5, 0.6) is 0 Å². The number of carboxylic acid groups (broad SMARTS) is 1. The predicted octanol–water partition coefficient (Wildman–Crippen LogP) is 1.48. The highest BCUT2D eigenvalue weighted by molar-refractivity contribution is 9.11. The van der Waals surface area contributed by atoms with Crippen molar-refractivity contribution in [3.63, 3.8) is 0 Å². The lowest BCUT2D eigenvalue weighted by Gasteiger charge is -2.05. The van der Waals surface area contributed by atoms with E-state index in [1.165, 1.54) is 17.4 Å². The van der Waals surface area contributed by atoms with E-state index in [2.05, 4.69) is 21.2 Å². The summed E-state index contributed by atoms with van der Waals surface area (Å²) in [5.74, 6) is -1.61. The second kappa shape index (κ2) is 7.30. The van der Waals surface area contributed by atoms with Crippen LogP contribution in [0.25, 0.3) is 6.08 Å². The second-order valence-corrected chi connectivity index (χ2v) is 5.90. The Bertz CT molecular complexity index is 458. The molecule has 1 atom stereocenters. The first-order chi connectivity index (χ1) is 8.49. The largest absolute Gasteiger partial charge is 0.479 e. The summed E-state index contributed by atoms with van der Waals surface area (Å²) >= 11 is 4.81. The van der Waals surface area contributed by atoms with Crippen LogP contribution in [0.15, 0.2) is 22.0 Å². The van der Waals surface area contributed by atoms with Crippen LogP contribution in [0.3, 0.4) is 0 Å². The minimum Gasteiger partial charge on any atom is -0.479 e. The molecule has 0 radical (unpaired) electrons. The van der Waals surface area contributed by atoms with E-state index in [4.69, 9.17) is 10.2 Å². The van der Waals surface area contributed by atoms with Crippen molar-refractivity contribution in [2.24, 2.45) is 0 Å². The van der Waals surface area contributed by atoms with Gasteiger partial charge in [-0.2, -0.15) is 0 Å². The Morgan fingerprint density at radius 3 is 2.78 bits per heavy atom. The average molecular weight is 334 g/mol. The number of carboxylic acids is 1. The van der Waals surface area contributed by atoms with Gasteiger partial charge in [0.1, 0.15) is 0 Å². The monoisotopic (exact) mass is 333 g/mol. The van der Waals surface area contributed by atoms with Gasteiger partial charge in [-0.15, -0.1) is 11.3 Å². The van der Waals surface area contributed by atoms with Crippen molar-refractivity contribution < 1.29 is 19.8 Å². The molecule has 7 heteroatoms. The standard InChI is InChI=1S/C11H12BrNO4S/c12-9-3-1-7(18-9)2-4-10(15)13-6-5-8(14)11(16)17/h1-4,8,14H,5-6H2,(H,13,15)(H,16,17)/b4-2+. The van der Waals surface area contributed by atoms with E-state index in [-0.39, 0.29) is 18.9 Å². The van der Waals surface area contributed by atoms with E-state index >= 15 is 0 Å². The van der Waals surface area contributed by atoms with Crippen LogP contribution in [0.4, 0.5) is 0 Å². The number of halogens is 1. The lowest BCUT2D eigenvalue weighted by Crippen LogP contribution is -2.28. The van der Waals surface area contributed by atoms with Crippen molar-refractivity contribution in [2.75, 3.05) is 6.54 Å². The molecule has 0 saturated heterocycles. The van der Waals surface area contributed by atoms with Gasteiger partial charge in [0.05, 0.1) is 3.79 Å². The molecule has 0 aromatic carbocycles. The molecule has 1 aromatic heterocycles. The maximum Gasteiger partial charge on any atom is 0.332 e. The molecule has 0 spiro atoms. The highest BCUT2D eigenvalue weighted by Crippen LogP contribution is 2.22. The van der Waals surface area contributed by atoms with Gasteiger partial charge in [0.15, 0.2) is 6.10 Å². The molecule has 1 rings (SSSR count). The van der Waals surface area contributed by atoms with Crippen LogP contribution in [0, 0.1) is 0 Å². The number of hydrogen-bond acceptors (Lipinski definition) is 4. The molecule has 1 aromatic rings. The Labute approximate surface area is 116 Å². The number of thiophene rings is 1. The van der Waals surface area contributed by atoms with E-state index in [1.54, 1.807) is 6.08 Å². The number of nitrogens with one attached hydrogen (secondary N) is 1. The first-order valence-electron chi connectivity index (χ1n) is 5.11. The summed E-state index contributed by atoms with van der Waals surface area (Å²) < 4.78 is 0.979. The molecule has 0 aliphatic rings. The van der Waals surface area contributed by atoms with Crippen LogP contribution in [0.1, 0.15) is 11.3 Å². The fourth-order valence-electron chi connectivity index (χ4n) is 1.09. The van der Waals surface area contributed by atoms with Gasteiger partial charge in [0.2, 0.25) is 5.91 Å². The normalized spacial score (nSPS) is 12.6. The Kier molecular flexibility index (Phi) is 6.03. The smallest absolute Gasteiger partial charge is 0.332 e. The number of aliphatic carboxylic acids is 1. The molecule has 1 unspecified atom stereocenters. The fourth-order valence-corrected chi connectivity index (χ4v) is 2.42. The third-order valence-electron chi connectivity index (χ3n) is 2.00. The molecular weight excluding hydrogens is 322 g/mol. The van der Waals surface area contributed by atoms with Gasteiger partial charge in [-0.05, 0) is 34.1 Å². The molecule has 0 fully saturated rings. The molecule has 0 aliphatic heterocycles. The highest BCUT2D eigenvalue weighted by Gasteiger charge is 2.12. The molecule has 5 nitrogen and oxygen atoms in total. The summed E-state index contributed by atoms with van der Waals surface area (Å²) in [4.78, 5) is 22.6. The Hall–Kier alpha value is -1.18. The Balaban J connectivity index is 2.30. The van der Waals surface area contributed by atoms with E-state index in [0.717, 1.165) is 8.66 Å². The number of aliphatic hydroxyl groups excluding tert-OH is 1. The summed E-state index contributed by atoms with van der Waals surface area (Å²) in [6.07, 6.45) is 1.58. The third kappa shape index (κ3) is 5.44. The number of hydrogen-bond donors (Lipinski definition) is 3. The molecule has 98 valence electrons. The lowest BCUT2D eigenvalue weighted by molar-refractivity contribution is -0.147. The number of amides is 1. The van der Waals surface area contributed by atoms with Gasteiger partial charge >= 0.3 is 5.97 Å². The van der Waals surface area contributed by atoms with E-state index in [9.17, 15) is 9.59 Å². The Morgan fingerprint density at radius 1 is 1.50 bits per heavy atom. The molecule has 0 saturated carbocycles. The average Bonchev–Trinajstić information content (AvgIpc) is 2.72. The zero-order valence-electron chi connectivity index (χ0n) is 9.30. The zero-order valence-corrected chi connectivity index (χ0v) is 11.7. The molecule has 1 amide bonds. The summed E-state index contributed by atoms with van der Waals surface area (Å²) in [5, 5.41) is 19.9. The topological polar surface area (TPSA) is 86.6 Å². The minimum atomic E-state index is -1.44. The van der Waals surface area contributed by atoms with Crippen LogP contribution < -0.4 is 5.32 Å². The first kappa shape index (κ1) is 14.9. The summed E-state index contributed by atoms with van der Waals surface area (Å²) in [6, 6.07) is 3.75. The van der Waals surface area contributed by atoms with Crippen LogP contribution in [-0.2, 0) is 9.59 Å². The predicted molar refractivity (Wildman–Crippen MR) is 72.3 cm³/mol. The van der Waals surface area contributed by atoms with Gasteiger partial charge < -0.3 is 15.5 Å². The highest BCUT2D eigenvalue weighted by atomic mass is 79.9. The Morgan fingerprint density at radius 2 is 2.22 bits per heavy atom.